The van der Waals surface area contributed by atoms with Gasteiger partial charge in [-0.25, -0.2) is 9.59 Å². The lowest BCUT2D eigenvalue weighted by molar-refractivity contribution is -0.214. The van der Waals surface area contributed by atoms with Gasteiger partial charge < -0.3 is 45.7 Å². The molecular weight excluding hydrogens is 498 g/mol. The summed E-state index contributed by atoms with van der Waals surface area (Å²) in [5.74, 6) is -2.25. The number of aliphatic hydroxyl groups is 3. The fourth-order valence-electron chi connectivity index (χ4n) is 4.97. The monoisotopic (exact) mass is 529 g/mol. The Labute approximate surface area is 209 Å². The summed E-state index contributed by atoms with van der Waals surface area (Å²) in [5, 5.41) is 43.2. The molecule has 3 aliphatic heterocycles. The van der Waals surface area contributed by atoms with E-state index in [9.17, 15) is 39.6 Å². The number of carboxylic acid groups (broad SMARTS) is 1. The maximum Gasteiger partial charge on any atom is 0.330 e. The van der Waals surface area contributed by atoms with Crippen molar-refractivity contribution in [3.05, 3.63) is 33.1 Å². The molecule has 0 bridgehead atoms. The number of carbonyl (C=O) groups is 2. The summed E-state index contributed by atoms with van der Waals surface area (Å²) in [4.78, 5) is 52.0. The third kappa shape index (κ3) is 5.60. The summed E-state index contributed by atoms with van der Waals surface area (Å²) in [6, 6.07) is -1.75. The van der Waals surface area contributed by atoms with E-state index in [2.05, 4.69) is 10.3 Å². The van der Waals surface area contributed by atoms with Gasteiger partial charge in [-0.3, -0.25) is 24.0 Å². The molecule has 0 saturated carbocycles. The molecule has 4 heterocycles. The number of aliphatic hydroxyl groups excluding tert-OH is 3. The number of hydrogen-bond acceptors (Lipinski definition) is 12. The van der Waals surface area contributed by atoms with Crippen LogP contribution in [0, 0.1) is 0 Å². The Morgan fingerprint density at radius 1 is 1.19 bits per heavy atom. The van der Waals surface area contributed by atoms with E-state index >= 15 is 0 Å². The molecule has 8 N–H and O–H groups in total. The quantitative estimate of drug-likeness (QED) is 0.176. The molecule has 0 aliphatic carbocycles. The van der Waals surface area contributed by atoms with E-state index in [4.69, 9.17) is 19.9 Å². The predicted molar refractivity (Wildman–Crippen MR) is 121 cm³/mol. The first-order chi connectivity index (χ1) is 17.5. The van der Waals surface area contributed by atoms with Crippen LogP contribution in [0.25, 0.3) is 0 Å². The minimum atomic E-state index is -1.59. The number of aromatic nitrogens is 2. The minimum Gasteiger partial charge on any atom is -0.480 e. The van der Waals surface area contributed by atoms with E-state index in [1.54, 1.807) is 0 Å². The molecule has 0 radical (unpaired) electrons. The topological polar surface area (TPSA) is 239 Å². The number of H-pyrrole nitrogens is 1. The fraction of sp³-hybridized carbons (Fsp3) is 0.714. The van der Waals surface area contributed by atoms with Crippen molar-refractivity contribution in [2.75, 3.05) is 20.1 Å². The number of aromatic amines is 1. The summed E-state index contributed by atoms with van der Waals surface area (Å²) in [7, 11) is 1.46. The zero-order chi connectivity index (χ0) is 27.0. The molecule has 1 aromatic heterocycles. The Kier molecular flexibility index (Phi) is 8.10. The Morgan fingerprint density at radius 2 is 1.92 bits per heavy atom. The van der Waals surface area contributed by atoms with Crippen LogP contribution >= 0.6 is 0 Å². The van der Waals surface area contributed by atoms with Gasteiger partial charge in [-0.2, -0.15) is 0 Å². The first-order valence-corrected chi connectivity index (χ1v) is 11.8. The molecule has 16 heteroatoms. The first-order valence-electron chi connectivity index (χ1n) is 11.8. The van der Waals surface area contributed by atoms with Crippen molar-refractivity contribution in [3.63, 3.8) is 0 Å². The molecule has 10 unspecified atom stereocenters. The van der Waals surface area contributed by atoms with E-state index in [1.807, 2.05) is 0 Å². The lowest BCUT2D eigenvalue weighted by Crippen LogP contribution is -2.58. The summed E-state index contributed by atoms with van der Waals surface area (Å²) in [6.45, 7) is -0.243. The third-order valence-electron chi connectivity index (χ3n) is 6.83. The molecule has 0 aromatic carbocycles. The second kappa shape index (κ2) is 11.0. The fourth-order valence-corrected chi connectivity index (χ4v) is 4.97. The zero-order valence-electron chi connectivity index (χ0n) is 19.9. The van der Waals surface area contributed by atoms with Crippen LogP contribution in [0.2, 0.25) is 0 Å². The van der Waals surface area contributed by atoms with Crippen LogP contribution in [0.4, 0.5) is 0 Å². The van der Waals surface area contributed by atoms with Gasteiger partial charge in [0.15, 0.2) is 12.3 Å². The number of rotatable bonds is 7. The summed E-state index contributed by atoms with van der Waals surface area (Å²) in [6.07, 6.45) is -7.92. The van der Waals surface area contributed by atoms with Gasteiger partial charge in [0.25, 0.3) is 5.56 Å². The van der Waals surface area contributed by atoms with E-state index in [0.29, 0.717) is 0 Å². The average Bonchev–Trinajstić information content (AvgIpc) is 3.34. The summed E-state index contributed by atoms with van der Waals surface area (Å²) < 4.78 is 18.7. The molecule has 1 aromatic rings. The number of β-amino-alcohol motifs (C(OH)–C–C–N with tert-alkyl or cyclic N) is 1. The van der Waals surface area contributed by atoms with E-state index in [1.165, 1.54) is 18.1 Å². The van der Waals surface area contributed by atoms with Crippen LogP contribution in [0.5, 0.6) is 0 Å². The maximum atomic E-state index is 13.2. The zero-order valence-corrected chi connectivity index (χ0v) is 19.9. The summed E-state index contributed by atoms with van der Waals surface area (Å²) in [5.41, 5.74) is 4.23. The predicted octanol–water partition coefficient (Wildman–Crippen LogP) is -4.75. The van der Waals surface area contributed by atoms with Gasteiger partial charge >= 0.3 is 11.7 Å². The number of ether oxygens (including phenoxy) is 3. The highest BCUT2D eigenvalue weighted by Crippen LogP contribution is 2.35. The molecule has 16 nitrogen and oxygen atoms in total. The van der Waals surface area contributed by atoms with Crippen molar-refractivity contribution in [2.45, 2.75) is 74.1 Å². The maximum absolute atomic E-state index is 13.2. The number of nitrogens with two attached hydrogens (primary N) is 1. The molecule has 3 fully saturated rings. The average molecular weight is 530 g/mol. The molecule has 206 valence electrons. The lowest BCUT2D eigenvalue weighted by atomic mass is 9.98. The Balaban J connectivity index is 1.65. The highest BCUT2D eigenvalue weighted by atomic mass is 16.7. The van der Waals surface area contributed by atoms with E-state index in [-0.39, 0.29) is 25.9 Å². The number of amides is 1. The van der Waals surface area contributed by atoms with Gasteiger partial charge in [-0.15, -0.1) is 0 Å². The molecule has 3 aliphatic rings. The van der Waals surface area contributed by atoms with Crippen LogP contribution < -0.4 is 22.3 Å². The molecule has 1 amide bonds. The molecule has 4 rings (SSSR count). The Bertz CT molecular complexity index is 1110. The van der Waals surface area contributed by atoms with Crippen molar-refractivity contribution in [2.24, 2.45) is 5.73 Å². The van der Waals surface area contributed by atoms with Crippen molar-refractivity contribution in [1.29, 1.82) is 0 Å². The number of carbonyl (C=O) groups excluding carboxylic acids is 1. The van der Waals surface area contributed by atoms with Crippen LogP contribution in [0.1, 0.15) is 19.1 Å². The normalized spacial score (nSPS) is 37.8. The standard InChI is InChI=1S/C21H31N5O11/c1-25-7-10(29)15(20(32)33)24-19(31)16(25)18(37-14-5-8(27)11(6-22)35-14)17-9(28)4-13(36-17)26-3-2-12(30)23-21(26)34/h2-3,8-11,13-18,27-29H,4-7,22H2,1H3,(H,24,31)(H,32,33)(H,23,30,34). The molecule has 0 spiro atoms. The SMILES string of the molecule is CN1CC(O)C(C(=O)O)NC(=O)C1C(OC1CC(O)C(CN)O1)C1OC(n2ccc(=O)[nH]c2=O)CC1O. The van der Waals surface area contributed by atoms with Crippen LogP contribution in [0.15, 0.2) is 21.9 Å². The number of nitrogens with zero attached hydrogens (tertiary/aromatic N) is 2. The largest absolute Gasteiger partial charge is 0.480 e. The van der Waals surface area contributed by atoms with Gasteiger partial charge in [-0.05, 0) is 7.05 Å². The van der Waals surface area contributed by atoms with Crippen molar-refractivity contribution < 1.29 is 44.2 Å². The van der Waals surface area contributed by atoms with Gasteiger partial charge in [0, 0.05) is 38.2 Å². The van der Waals surface area contributed by atoms with Crippen LogP contribution in [0.3, 0.4) is 0 Å². The first kappa shape index (κ1) is 27.3. The van der Waals surface area contributed by atoms with E-state index < -0.39 is 84.4 Å². The third-order valence-corrected chi connectivity index (χ3v) is 6.83. The number of nitrogens with one attached hydrogen (secondary N) is 2. The van der Waals surface area contributed by atoms with Crippen molar-refractivity contribution in [3.8, 4) is 0 Å². The molecule has 3 saturated heterocycles. The Morgan fingerprint density at radius 3 is 2.54 bits per heavy atom. The van der Waals surface area contributed by atoms with Crippen molar-refractivity contribution >= 4 is 11.9 Å². The van der Waals surface area contributed by atoms with Gasteiger partial charge in [0.2, 0.25) is 5.91 Å². The van der Waals surface area contributed by atoms with Crippen LogP contribution in [-0.4, -0.2) is 122 Å². The second-order valence-corrected chi connectivity index (χ2v) is 9.40. The second-order valence-electron chi connectivity index (χ2n) is 9.40. The van der Waals surface area contributed by atoms with Crippen molar-refractivity contribution in [1.82, 2.24) is 19.8 Å². The lowest BCUT2D eigenvalue weighted by Gasteiger charge is -2.37. The van der Waals surface area contributed by atoms with Gasteiger partial charge in [0.1, 0.15) is 24.5 Å². The van der Waals surface area contributed by atoms with Gasteiger partial charge in [-0.1, -0.05) is 0 Å². The molecule has 10 atom stereocenters. The van der Waals surface area contributed by atoms with Crippen LogP contribution in [-0.2, 0) is 23.8 Å². The van der Waals surface area contributed by atoms with Gasteiger partial charge in [0.05, 0.1) is 24.4 Å². The number of hydrogen-bond donors (Lipinski definition) is 7. The number of likely N-dealkylation sites (N-methyl/N-ethyl adjacent to an activating group) is 1. The molecular formula is C21H31N5O11. The summed E-state index contributed by atoms with van der Waals surface area (Å²) >= 11 is 0. The Hall–Kier alpha value is -2.70. The number of aliphatic carboxylic acids is 1. The smallest absolute Gasteiger partial charge is 0.330 e. The highest BCUT2D eigenvalue weighted by molar-refractivity contribution is 5.88. The molecule has 37 heavy (non-hydrogen) atoms. The minimum absolute atomic E-state index is 0.00174. The van der Waals surface area contributed by atoms with E-state index in [0.717, 1.165) is 10.6 Å². The number of carboxylic acids is 1. The highest BCUT2D eigenvalue weighted by Gasteiger charge is 2.51.